The molecular weight excluding hydrogens is 426 g/mol. The largest absolute Gasteiger partial charge is 0.481 e. The van der Waals surface area contributed by atoms with Crippen molar-refractivity contribution in [2.45, 2.75) is 24.5 Å². The van der Waals surface area contributed by atoms with Gasteiger partial charge in [-0.25, -0.2) is 13.9 Å². The maximum atomic E-state index is 12.0. The lowest BCUT2D eigenvalue weighted by Gasteiger charge is -2.21. The smallest absolute Gasteiger partial charge is 0.387 e. The van der Waals surface area contributed by atoms with Gasteiger partial charge in [0, 0.05) is 12.3 Å². The standard InChI is InChI=1S/C12H18N2O12P2/c1-2-5-23-10-9(16)7(6-24-28(21,22)26-27(18,19)20)25-11(10)14-4-3-8(15)13-12(14)17/h2-4,7,9-11,16H,1,5-6H2,(H,21,22)(H,13,15,17)(H2,18,19,20)/t7-,9-,10-,11-/m1/s1. The molecule has 1 aliphatic rings. The minimum absolute atomic E-state index is 0.0485. The molecule has 0 radical (unpaired) electrons. The number of phosphoric acid groups is 2. The normalized spacial score (nSPS) is 27.4. The second-order valence-electron chi connectivity index (χ2n) is 5.50. The number of aliphatic hydroxyl groups excluding tert-OH is 1. The first-order valence-corrected chi connectivity index (χ1v) is 10.6. The molecule has 14 nitrogen and oxygen atoms in total. The molecule has 0 amide bonds. The number of phosphoric ester groups is 1. The predicted molar refractivity (Wildman–Crippen MR) is 90.1 cm³/mol. The van der Waals surface area contributed by atoms with E-state index < -0.39 is 58.0 Å². The maximum Gasteiger partial charge on any atom is 0.481 e. The van der Waals surface area contributed by atoms with Crippen molar-refractivity contribution in [3.8, 4) is 0 Å². The lowest BCUT2D eigenvalue weighted by atomic mass is 10.1. The van der Waals surface area contributed by atoms with E-state index in [1.807, 2.05) is 4.98 Å². The molecule has 0 bridgehead atoms. The number of aliphatic hydroxyl groups is 1. The highest BCUT2D eigenvalue weighted by atomic mass is 31.3. The van der Waals surface area contributed by atoms with Gasteiger partial charge in [0.25, 0.3) is 5.56 Å². The molecule has 1 aromatic rings. The third-order valence-electron chi connectivity index (χ3n) is 3.46. The number of hydrogen-bond acceptors (Lipinski definition) is 9. The van der Waals surface area contributed by atoms with Gasteiger partial charge >= 0.3 is 21.3 Å². The van der Waals surface area contributed by atoms with Gasteiger partial charge in [-0.15, -0.1) is 6.58 Å². The zero-order valence-corrected chi connectivity index (χ0v) is 15.8. The van der Waals surface area contributed by atoms with E-state index in [0.717, 1.165) is 16.8 Å². The van der Waals surface area contributed by atoms with Crippen LogP contribution < -0.4 is 11.2 Å². The summed E-state index contributed by atoms with van der Waals surface area (Å²) in [5.41, 5.74) is -1.53. The maximum absolute atomic E-state index is 12.0. The van der Waals surface area contributed by atoms with Crippen LogP contribution in [0.2, 0.25) is 0 Å². The molecule has 5 atom stereocenters. The fourth-order valence-electron chi connectivity index (χ4n) is 2.39. The van der Waals surface area contributed by atoms with Gasteiger partial charge in [-0.3, -0.25) is 18.9 Å². The van der Waals surface area contributed by atoms with E-state index in [1.54, 1.807) is 0 Å². The summed E-state index contributed by atoms with van der Waals surface area (Å²) in [5.74, 6) is 0. The van der Waals surface area contributed by atoms with Crippen LogP contribution in [-0.2, 0) is 27.4 Å². The number of rotatable bonds is 9. The third-order valence-corrected chi connectivity index (χ3v) is 5.61. The Morgan fingerprint density at radius 3 is 2.57 bits per heavy atom. The van der Waals surface area contributed by atoms with Crippen molar-refractivity contribution in [2.24, 2.45) is 0 Å². The van der Waals surface area contributed by atoms with Gasteiger partial charge in [0.1, 0.15) is 18.3 Å². The Bertz CT molecular complexity index is 906. The highest BCUT2D eigenvalue weighted by Crippen LogP contribution is 2.57. The second-order valence-corrected chi connectivity index (χ2v) is 8.33. The van der Waals surface area contributed by atoms with Gasteiger partial charge < -0.3 is 29.3 Å². The van der Waals surface area contributed by atoms with Crippen LogP contribution in [0, 0.1) is 0 Å². The monoisotopic (exact) mass is 444 g/mol. The number of aromatic nitrogens is 2. The molecule has 0 aromatic carbocycles. The molecular formula is C12H18N2O12P2. The molecule has 1 aliphatic heterocycles. The Hall–Kier alpha value is -1.44. The highest BCUT2D eigenvalue weighted by molar-refractivity contribution is 7.60. The van der Waals surface area contributed by atoms with E-state index in [2.05, 4.69) is 15.4 Å². The first-order chi connectivity index (χ1) is 12.9. The second kappa shape index (κ2) is 8.93. The molecule has 1 saturated heterocycles. The minimum atomic E-state index is -5.32. The van der Waals surface area contributed by atoms with Gasteiger partial charge in [0.05, 0.1) is 13.2 Å². The molecule has 0 spiro atoms. The molecule has 2 heterocycles. The SMILES string of the molecule is C=CCO[C@@H]1[C@H](O)[C@@H](COP(=O)(O)OP(=O)(O)O)O[C@H]1n1ccc(=O)[nH]c1=O. The average Bonchev–Trinajstić information content (AvgIpc) is 2.85. The number of H-pyrrole nitrogens is 1. The van der Waals surface area contributed by atoms with Crippen LogP contribution >= 0.6 is 15.6 Å². The summed E-state index contributed by atoms with van der Waals surface area (Å²) < 4.78 is 42.0. The summed E-state index contributed by atoms with van der Waals surface area (Å²) in [6.07, 6.45) is -2.80. The van der Waals surface area contributed by atoms with E-state index in [-0.39, 0.29) is 6.61 Å². The average molecular weight is 444 g/mol. The highest BCUT2D eigenvalue weighted by Gasteiger charge is 2.47. The van der Waals surface area contributed by atoms with Crippen molar-refractivity contribution in [3.63, 3.8) is 0 Å². The number of nitrogens with one attached hydrogen (secondary N) is 1. The molecule has 2 rings (SSSR count). The van der Waals surface area contributed by atoms with Crippen molar-refractivity contribution in [2.75, 3.05) is 13.2 Å². The molecule has 28 heavy (non-hydrogen) atoms. The van der Waals surface area contributed by atoms with Gasteiger partial charge in [-0.2, -0.15) is 4.31 Å². The first kappa shape index (κ1) is 22.8. The summed E-state index contributed by atoms with van der Waals surface area (Å²) in [6, 6.07) is 1.03. The van der Waals surface area contributed by atoms with Crippen LogP contribution in [0.5, 0.6) is 0 Å². The van der Waals surface area contributed by atoms with E-state index in [1.165, 1.54) is 6.08 Å². The Morgan fingerprint density at radius 2 is 2.00 bits per heavy atom. The van der Waals surface area contributed by atoms with E-state index in [0.29, 0.717) is 0 Å². The van der Waals surface area contributed by atoms with E-state index in [4.69, 9.17) is 19.3 Å². The lowest BCUT2D eigenvalue weighted by molar-refractivity contribution is -0.0682. The van der Waals surface area contributed by atoms with Crippen molar-refractivity contribution >= 4 is 15.6 Å². The fourth-order valence-corrected chi connectivity index (χ4v) is 3.99. The van der Waals surface area contributed by atoms with Crippen molar-refractivity contribution < 1.29 is 47.2 Å². The Balaban J connectivity index is 2.20. The van der Waals surface area contributed by atoms with Gasteiger partial charge in [-0.1, -0.05) is 6.08 Å². The summed E-state index contributed by atoms with van der Waals surface area (Å²) in [7, 11) is -10.5. The lowest BCUT2D eigenvalue weighted by Crippen LogP contribution is -2.39. The van der Waals surface area contributed by atoms with Gasteiger partial charge in [0.15, 0.2) is 6.23 Å². The molecule has 0 aliphatic carbocycles. The third kappa shape index (κ3) is 6.03. The van der Waals surface area contributed by atoms with Crippen LogP contribution in [0.25, 0.3) is 0 Å². The number of ether oxygens (including phenoxy) is 2. The van der Waals surface area contributed by atoms with Crippen LogP contribution in [0.15, 0.2) is 34.5 Å². The fraction of sp³-hybridized carbons (Fsp3) is 0.500. The molecule has 1 fully saturated rings. The minimum Gasteiger partial charge on any atom is -0.387 e. The molecule has 1 aromatic heterocycles. The van der Waals surface area contributed by atoms with Crippen molar-refractivity contribution in [3.05, 3.63) is 45.8 Å². The number of nitrogens with zero attached hydrogens (tertiary/aromatic N) is 1. The van der Waals surface area contributed by atoms with Crippen molar-refractivity contribution in [1.29, 1.82) is 0 Å². The van der Waals surface area contributed by atoms with Crippen molar-refractivity contribution in [1.82, 2.24) is 9.55 Å². The zero-order chi connectivity index (χ0) is 21.1. The Labute approximate surface area is 156 Å². The van der Waals surface area contributed by atoms with Crippen LogP contribution in [0.4, 0.5) is 0 Å². The zero-order valence-electron chi connectivity index (χ0n) is 14.1. The molecule has 0 saturated carbocycles. The Kier molecular flexibility index (Phi) is 7.28. The molecule has 16 heteroatoms. The van der Waals surface area contributed by atoms with Crippen LogP contribution in [0.3, 0.4) is 0 Å². The van der Waals surface area contributed by atoms with Gasteiger partial charge in [0.2, 0.25) is 0 Å². The number of aromatic amines is 1. The van der Waals surface area contributed by atoms with Crippen LogP contribution in [-0.4, -0.2) is 60.9 Å². The summed E-state index contributed by atoms with van der Waals surface area (Å²) >= 11 is 0. The predicted octanol–water partition coefficient (Wildman–Crippen LogP) is -1.41. The summed E-state index contributed by atoms with van der Waals surface area (Å²) in [6.45, 7) is 2.56. The van der Waals surface area contributed by atoms with E-state index in [9.17, 15) is 28.7 Å². The molecule has 5 N–H and O–H groups in total. The van der Waals surface area contributed by atoms with Crippen LogP contribution in [0.1, 0.15) is 6.23 Å². The summed E-state index contributed by atoms with van der Waals surface area (Å²) in [4.78, 5) is 51.6. The number of hydrogen-bond donors (Lipinski definition) is 5. The topological polar surface area (TPSA) is 207 Å². The van der Waals surface area contributed by atoms with E-state index >= 15 is 0 Å². The molecule has 1 unspecified atom stereocenters. The first-order valence-electron chi connectivity index (χ1n) is 7.55. The van der Waals surface area contributed by atoms with Gasteiger partial charge in [-0.05, 0) is 0 Å². The molecule has 158 valence electrons. The Morgan fingerprint density at radius 1 is 1.32 bits per heavy atom. The quantitative estimate of drug-likeness (QED) is 0.220. The summed E-state index contributed by atoms with van der Waals surface area (Å²) in [5, 5.41) is 10.4.